The zero-order valence-electron chi connectivity index (χ0n) is 10.5. The van der Waals surface area contributed by atoms with Gasteiger partial charge in [0.15, 0.2) is 0 Å². The van der Waals surface area contributed by atoms with Crippen LogP contribution in [0.4, 0.5) is 0 Å². The fourth-order valence-electron chi connectivity index (χ4n) is 1.89. The first kappa shape index (κ1) is 13.1. The van der Waals surface area contributed by atoms with E-state index in [4.69, 9.17) is 11.5 Å². The quantitative estimate of drug-likeness (QED) is 0.877. The van der Waals surface area contributed by atoms with E-state index < -0.39 is 11.9 Å². The molecule has 0 radical (unpaired) electrons. The largest absolute Gasteiger partial charge is 0.368 e. The molecule has 0 fully saturated rings. The minimum atomic E-state index is -0.771. The SMILES string of the molecule is C=Cc1ccc(-c2cccc(C(N)C(N)=O)c2)cc1. The summed E-state index contributed by atoms with van der Waals surface area (Å²) < 4.78 is 0. The van der Waals surface area contributed by atoms with Gasteiger partial charge in [0.1, 0.15) is 6.04 Å². The molecular formula is C16H16N2O. The van der Waals surface area contributed by atoms with Crippen LogP contribution >= 0.6 is 0 Å². The van der Waals surface area contributed by atoms with Crippen molar-refractivity contribution < 1.29 is 4.79 Å². The van der Waals surface area contributed by atoms with Crippen LogP contribution in [-0.2, 0) is 4.79 Å². The summed E-state index contributed by atoms with van der Waals surface area (Å²) in [4.78, 5) is 11.1. The van der Waals surface area contributed by atoms with Crippen LogP contribution in [0.3, 0.4) is 0 Å². The van der Waals surface area contributed by atoms with Crippen LogP contribution in [0.5, 0.6) is 0 Å². The second kappa shape index (κ2) is 5.50. The highest BCUT2D eigenvalue weighted by Crippen LogP contribution is 2.23. The van der Waals surface area contributed by atoms with Crippen molar-refractivity contribution in [2.24, 2.45) is 11.5 Å². The van der Waals surface area contributed by atoms with Gasteiger partial charge in [-0.25, -0.2) is 0 Å². The molecule has 4 N–H and O–H groups in total. The number of hydrogen-bond acceptors (Lipinski definition) is 2. The summed E-state index contributed by atoms with van der Waals surface area (Å²) >= 11 is 0. The predicted octanol–water partition coefficient (Wildman–Crippen LogP) is 2.48. The zero-order chi connectivity index (χ0) is 13.8. The van der Waals surface area contributed by atoms with Gasteiger partial charge in [0.05, 0.1) is 0 Å². The van der Waals surface area contributed by atoms with Crippen LogP contribution in [-0.4, -0.2) is 5.91 Å². The standard InChI is InChI=1S/C16H16N2O/c1-2-11-6-8-12(9-7-11)13-4-3-5-14(10-13)15(17)16(18)19/h2-10,15H,1,17H2,(H2,18,19). The Morgan fingerprint density at radius 3 is 2.37 bits per heavy atom. The smallest absolute Gasteiger partial charge is 0.238 e. The lowest BCUT2D eigenvalue weighted by atomic mass is 9.99. The third kappa shape index (κ3) is 2.89. The molecule has 1 atom stereocenters. The van der Waals surface area contributed by atoms with Gasteiger partial charge in [-0.15, -0.1) is 0 Å². The molecule has 3 nitrogen and oxygen atoms in total. The van der Waals surface area contributed by atoms with Gasteiger partial charge in [-0.2, -0.15) is 0 Å². The molecule has 19 heavy (non-hydrogen) atoms. The summed E-state index contributed by atoms with van der Waals surface area (Å²) in [7, 11) is 0. The van der Waals surface area contributed by atoms with Crippen molar-refractivity contribution in [1.82, 2.24) is 0 Å². The van der Waals surface area contributed by atoms with E-state index in [1.54, 1.807) is 12.1 Å². The highest BCUT2D eigenvalue weighted by atomic mass is 16.1. The molecule has 2 rings (SSSR count). The van der Waals surface area contributed by atoms with E-state index in [-0.39, 0.29) is 0 Å². The summed E-state index contributed by atoms with van der Waals surface area (Å²) in [6.07, 6.45) is 1.79. The van der Waals surface area contributed by atoms with Crippen LogP contribution in [0.1, 0.15) is 17.2 Å². The molecule has 96 valence electrons. The van der Waals surface area contributed by atoms with Gasteiger partial charge in [0, 0.05) is 0 Å². The Hall–Kier alpha value is -2.39. The van der Waals surface area contributed by atoms with E-state index in [1.165, 1.54) is 0 Å². The topological polar surface area (TPSA) is 69.1 Å². The second-order valence-corrected chi connectivity index (χ2v) is 4.33. The summed E-state index contributed by atoms with van der Waals surface area (Å²) in [5.74, 6) is -0.529. The molecule has 0 aliphatic heterocycles. The Kier molecular flexibility index (Phi) is 3.78. The molecule has 2 aromatic rings. The third-order valence-electron chi connectivity index (χ3n) is 3.03. The first-order valence-corrected chi connectivity index (χ1v) is 5.99. The number of primary amides is 1. The van der Waals surface area contributed by atoms with Gasteiger partial charge in [-0.1, -0.05) is 55.1 Å². The van der Waals surface area contributed by atoms with E-state index in [0.717, 1.165) is 22.3 Å². The van der Waals surface area contributed by atoms with E-state index in [1.807, 2.05) is 42.5 Å². The number of hydrogen-bond donors (Lipinski definition) is 2. The van der Waals surface area contributed by atoms with Crippen molar-refractivity contribution in [1.29, 1.82) is 0 Å². The fourth-order valence-corrected chi connectivity index (χ4v) is 1.89. The molecule has 0 aliphatic rings. The number of nitrogens with two attached hydrogens (primary N) is 2. The molecule has 0 saturated heterocycles. The second-order valence-electron chi connectivity index (χ2n) is 4.33. The summed E-state index contributed by atoms with van der Waals surface area (Å²) in [6, 6.07) is 14.8. The van der Waals surface area contributed by atoms with Crippen molar-refractivity contribution in [2.75, 3.05) is 0 Å². The van der Waals surface area contributed by atoms with Crippen molar-refractivity contribution in [3.05, 3.63) is 66.2 Å². The van der Waals surface area contributed by atoms with Crippen LogP contribution in [0.25, 0.3) is 17.2 Å². The monoisotopic (exact) mass is 252 g/mol. The molecule has 0 aromatic heterocycles. The van der Waals surface area contributed by atoms with Crippen LogP contribution in [0.2, 0.25) is 0 Å². The van der Waals surface area contributed by atoms with Crippen molar-refractivity contribution in [2.45, 2.75) is 6.04 Å². The van der Waals surface area contributed by atoms with Crippen molar-refractivity contribution in [3.8, 4) is 11.1 Å². The molecule has 0 heterocycles. The molecule has 0 bridgehead atoms. The maximum absolute atomic E-state index is 11.1. The molecule has 0 aliphatic carbocycles. The minimum absolute atomic E-state index is 0.529. The van der Waals surface area contributed by atoms with Crippen LogP contribution in [0.15, 0.2) is 55.1 Å². The highest BCUT2D eigenvalue weighted by Gasteiger charge is 2.12. The van der Waals surface area contributed by atoms with E-state index in [9.17, 15) is 4.79 Å². The maximum atomic E-state index is 11.1. The Bertz CT molecular complexity index is 602. The van der Waals surface area contributed by atoms with Gasteiger partial charge in [0.25, 0.3) is 0 Å². The lowest BCUT2D eigenvalue weighted by Crippen LogP contribution is -2.28. The van der Waals surface area contributed by atoms with Gasteiger partial charge in [0.2, 0.25) is 5.91 Å². The summed E-state index contributed by atoms with van der Waals surface area (Å²) in [6.45, 7) is 3.72. The Balaban J connectivity index is 2.36. The number of carbonyl (C=O) groups excluding carboxylic acids is 1. The zero-order valence-corrected chi connectivity index (χ0v) is 10.5. The van der Waals surface area contributed by atoms with Gasteiger partial charge >= 0.3 is 0 Å². The maximum Gasteiger partial charge on any atom is 0.238 e. The van der Waals surface area contributed by atoms with Crippen molar-refractivity contribution in [3.63, 3.8) is 0 Å². The van der Waals surface area contributed by atoms with E-state index in [2.05, 4.69) is 6.58 Å². The Labute approximate surface area is 112 Å². The molecule has 0 saturated carbocycles. The van der Waals surface area contributed by atoms with Gasteiger partial charge in [-0.3, -0.25) is 4.79 Å². The first-order valence-electron chi connectivity index (χ1n) is 5.99. The third-order valence-corrected chi connectivity index (χ3v) is 3.03. The molecule has 1 unspecified atom stereocenters. The number of carbonyl (C=O) groups is 1. The van der Waals surface area contributed by atoms with Crippen LogP contribution in [0, 0.1) is 0 Å². The van der Waals surface area contributed by atoms with Crippen molar-refractivity contribution >= 4 is 12.0 Å². The number of rotatable bonds is 4. The van der Waals surface area contributed by atoms with Gasteiger partial charge < -0.3 is 11.5 Å². The predicted molar refractivity (Wildman–Crippen MR) is 78.1 cm³/mol. The van der Waals surface area contributed by atoms with Gasteiger partial charge in [-0.05, 0) is 28.3 Å². The molecule has 1 amide bonds. The lowest BCUT2D eigenvalue weighted by Gasteiger charge is -2.10. The normalized spacial score (nSPS) is 11.8. The minimum Gasteiger partial charge on any atom is -0.368 e. The molecular weight excluding hydrogens is 236 g/mol. The summed E-state index contributed by atoms with van der Waals surface area (Å²) in [5, 5.41) is 0. The summed E-state index contributed by atoms with van der Waals surface area (Å²) in [5.41, 5.74) is 14.8. The highest BCUT2D eigenvalue weighted by molar-refractivity contribution is 5.81. The molecule has 0 spiro atoms. The average Bonchev–Trinajstić information content (AvgIpc) is 2.46. The lowest BCUT2D eigenvalue weighted by molar-refractivity contribution is -0.119. The van der Waals surface area contributed by atoms with E-state index in [0.29, 0.717) is 0 Å². The molecule has 2 aromatic carbocycles. The number of benzene rings is 2. The Morgan fingerprint density at radius 1 is 1.11 bits per heavy atom. The fraction of sp³-hybridized carbons (Fsp3) is 0.0625. The molecule has 3 heteroatoms. The number of amides is 1. The van der Waals surface area contributed by atoms with E-state index >= 15 is 0 Å². The van der Waals surface area contributed by atoms with Crippen LogP contribution < -0.4 is 11.5 Å². The first-order chi connectivity index (χ1) is 9.11. The Morgan fingerprint density at radius 2 is 1.79 bits per heavy atom. The average molecular weight is 252 g/mol.